The van der Waals surface area contributed by atoms with Gasteiger partial charge in [0.1, 0.15) is 0 Å². The van der Waals surface area contributed by atoms with Gasteiger partial charge in [-0.2, -0.15) is 4.98 Å². The standard InChI is InChI=1S/C15H15N5OS/c1-20-14(11-5-3-2-4-6-11)17-18-15(20)22-9-12-16-13(19-21-12)10-7-8-10/h2-6,10H,7-9H2,1H3. The lowest BCUT2D eigenvalue weighted by Gasteiger charge is -2.02. The molecular formula is C15H15N5OS. The highest BCUT2D eigenvalue weighted by Gasteiger charge is 2.28. The van der Waals surface area contributed by atoms with Gasteiger partial charge in [-0.25, -0.2) is 0 Å². The van der Waals surface area contributed by atoms with Crippen LogP contribution in [0.3, 0.4) is 0 Å². The van der Waals surface area contributed by atoms with Gasteiger partial charge >= 0.3 is 0 Å². The van der Waals surface area contributed by atoms with E-state index in [2.05, 4.69) is 20.3 Å². The van der Waals surface area contributed by atoms with Crippen LogP contribution >= 0.6 is 11.8 Å². The van der Waals surface area contributed by atoms with E-state index in [9.17, 15) is 0 Å². The number of thioether (sulfide) groups is 1. The Labute approximate surface area is 131 Å². The molecule has 1 aromatic carbocycles. The lowest BCUT2D eigenvalue weighted by molar-refractivity contribution is 0.385. The van der Waals surface area contributed by atoms with Crippen molar-refractivity contribution in [2.45, 2.75) is 29.7 Å². The zero-order chi connectivity index (χ0) is 14.9. The summed E-state index contributed by atoms with van der Waals surface area (Å²) in [6.45, 7) is 0. The molecule has 1 fully saturated rings. The van der Waals surface area contributed by atoms with Crippen LogP contribution in [0.5, 0.6) is 0 Å². The van der Waals surface area contributed by atoms with Crippen molar-refractivity contribution in [3.05, 3.63) is 42.0 Å². The molecule has 112 valence electrons. The minimum atomic E-state index is 0.516. The van der Waals surface area contributed by atoms with Crippen LogP contribution in [0, 0.1) is 0 Å². The summed E-state index contributed by atoms with van der Waals surface area (Å²) in [4.78, 5) is 4.43. The van der Waals surface area contributed by atoms with Gasteiger partial charge in [0.2, 0.25) is 5.89 Å². The SMILES string of the molecule is Cn1c(SCc2nc(C3CC3)no2)nnc1-c1ccccc1. The van der Waals surface area contributed by atoms with Crippen molar-refractivity contribution >= 4 is 11.8 Å². The van der Waals surface area contributed by atoms with Crippen LogP contribution < -0.4 is 0 Å². The second-order valence-corrected chi connectivity index (χ2v) is 6.28. The minimum absolute atomic E-state index is 0.516. The quantitative estimate of drug-likeness (QED) is 0.674. The number of nitrogens with zero attached hydrogens (tertiary/aromatic N) is 5. The van der Waals surface area contributed by atoms with Crippen LogP contribution in [0.25, 0.3) is 11.4 Å². The summed E-state index contributed by atoms with van der Waals surface area (Å²) in [6.07, 6.45) is 2.35. The summed E-state index contributed by atoms with van der Waals surface area (Å²) in [5, 5.41) is 13.4. The van der Waals surface area contributed by atoms with Crippen molar-refractivity contribution in [2.75, 3.05) is 0 Å². The first-order valence-electron chi connectivity index (χ1n) is 7.21. The largest absolute Gasteiger partial charge is 0.338 e. The number of hydrogen-bond donors (Lipinski definition) is 0. The monoisotopic (exact) mass is 313 g/mol. The highest BCUT2D eigenvalue weighted by Crippen LogP contribution is 2.38. The molecule has 0 aliphatic heterocycles. The van der Waals surface area contributed by atoms with E-state index < -0.39 is 0 Å². The molecule has 0 saturated heterocycles. The van der Waals surface area contributed by atoms with Crippen molar-refractivity contribution in [2.24, 2.45) is 7.05 Å². The van der Waals surface area contributed by atoms with E-state index in [1.807, 2.05) is 41.9 Å². The van der Waals surface area contributed by atoms with Crippen molar-refractivity contribution < 1.29 is 4.52 Å². The van der Waals surface area contributed by atoms with E-state index in [4.69, 9.17) is 4.52 Å². The average Bonchev–Trinajstić information content (AvgIpc) is 3.18. The molecule has 4 rings (SSSR count). The minimum Gasteiger partial charge on any atom is -0.338 e. The second kappa shape index (κ2) is 5.57. The summed E-state index contributed by atoms with van der Waals surface area (Å²) >= 11 is 1.55. The van der Waals surface area contributed by atoms with Gasteiger partial charge in [-0.05, 0) is 12.8 Å². The molecule has 1 aliphatic rings. The van der Waals surface area contributed by atoms with E-state index in [-0.39, 0.29) is 0 Å². The topological polar surface area (TPSA) is 69.6 Å². The Hall–Kier alpha value is -2.15. The van der Waals surface area contributed by atoms with Gasteiger partial charge in [-0.3, -0.25) is 0 Å². The number of aromatic nitrogens is 5. The maximum atomic E-state index is 5.28. The van der Waals surface area contributed by atoms with Gasteiger partial charge in [0.15, 0.2) is 16.8 Å². The first-order chi connectivity index (χ1) is 10.8. The highest BCUT2D eigenvalue weighted by atomic mass is 32.2. The average molecular weight is 313 g/mol. The first kappa shape index (κ1) is 13.5. The molecule has 6 nitrogen and oxygen atoms in total. The normalized spacial score (nSPS) is 14.4. The molecular weight excluding hydrogens is 298 g/mol. The van der Waals surface area contributed by atoms with Gasteiger partial charge in [-0.1, -0.05) is 47.3 Å². The second-order valence-electron chi connectivity index (χ2n) is 5.34. The molecule has 3 aromatic rings. The lowest BCUT2D eigenvalue weighted by Crippen LogP contribution is -1.95. The Morgan fingerprint density at radius 2 is 2.05 bits per heavy atom. The van der Waals surface area contributed by atoms with Gasteiger partial charge in [0, 0.05) is 18.5 Å². The third kappa shape index (κ3) is 2.64. The molecule has 0 spiro atoms. The summed E-state index contributed by atoms with van der Waals surface area (Å²) < 4.78 is 7.26. The molecule has 1 saturated carbocycles. The fourth-order valence-corrected chi connectivity index (χ4v) is 2.99. The van der Waals surface area contributed by atoms with Gasteiger partial charge in [0.25, 0.3) is 0 Å². The van der Waals surface area contributed by atoms with Crippen molar-refractivity contribution in [3.8, 4) is 11.4 Å². The van der Waals surface area contributed by atoms with Crippen molar-refractivity contribution in [3.63, 3.8) is 0 Å². The molecule has 2 aromatic heterocycles. The number of rotatable bonds is 5. The number of benzene rings is 1. The van der Waals surface area contributed by atoms with E-state index in [1.165, 1.54) is 12.8 Å². The number of hydrogen-bond acceptors (Lipinski definition) is 6. The highest BCUT2D eigenvalue weighted by molar-refractivity contribution is 7.98. The maximum Gasteiger partial charge on any atom is 0.237 e. The predicted octanol–water partition coefficient (Wildman–Crippen LogP) is 3.03. The molecule has 2 heterocycles. The molecule has 7 heteroatoms. The first-order valence-corrected chi connectivity index (χ1v) is 8.20. The van der Waals surface area contributed by atoms with Crippen LogP contribution in [-0.4, -0.2) is 24.9 Å². The maximum absolute atomic E-state index is 5.28. The summed E-state index contributed by atoms with van der Waals surface area (Å²) in [5.41, 5.74) is 1.05. The van der Waals surface area contributed by atoms with Gasteiger partial charge in [0.05, 0.1) is 5.75 Å². The Kier molecular flexibility index (Phi) is 3.42. The van der Waals surface area contributed by atoms with E-state index in [1.54, 1.807) is 11.8 Å². The lowest BCUT2D eigenvalue weighted by atomic mass is 10.2. The zero-order valence-electron chi connectivity index (χ0n) is 12.1. The third-order valence-electron chi connectivity index (χ3n) is 3.62. The molecule has 0 N–H and O–H groups in total. The van der Waals surface area contributed by atoms with E-state index in [0.29, 0.717) is 17.6 Å². The fourth-order valence-electron chi connectivity index (χ4n) is 2.24. The van der Waals surface area contributed by atoms with Crippen molar-refractivity contribution in [1.82, 2.24) is 24.9 Å². The van der Waals surface area contributed by atoms with Crippen LogP contribution in [0.1, 0.15) is 30.5 Å². The third-order valence-corrected chi connectivity index (χ3v) is 4.62. The van der Waals surface area contributed by atoms with E-state index >= 15 is 0 Å². The van der Waals surface area contributed by atoms with Crippen molar-refractivity contribution in [1.29, 1.82) is 0 Å². The fraction of sp³-hybridized carbons (Fsp3) is 0.333. The summed E-state index contributed by atoms with van der Waals surface area (Å²) in [5.74, 6) is 3.48. The summed E-state index contributed by atoms with van der Waals surface area (Å²) in [7, 11) is 1.97. The zero-order valence-corrected chi connectivity index (χ0v) is 13.0. The van der Waals surface area contributed by atoms with Crippen LogP contribution in [-0.2, 0) is 12.8 Å². The molecule has 0 radical (unpaired) electrons. The Bertz CT molecular complexity index is 778. The molecule has 0 amide bonds. The summed E-state index contributed by atoms with van der Waals surface area (Å²) in [6, 6.07) is 10.0. The Morgan fingerprint density at radius 3 is 2.82 bits per heavy atom. The Morgan fingerprint density at radius 1 is 1.23 bits per heavy atom. The molecule has 22 heavy (non-hydrogen) atoms. The van der Waals surface area contributed by atoms with Gasteiger partial charge < -0.3 is 9.09 Å². The predicted molar refractivity (Wildman–Crippen MR) is 82.3 cm³/mol. The van der Waals surface area contributed by atoms with Crippen LogP contribution in [0.4, 0.5) is 0 Å². The van der Waals surface area contributed by atoms with Crippen LogP contribution in [0.2, 0.25) is 0 Å². The molecule has 0 unspecified atom stereocenters. The smallest absolute Gasteiger partial charge is 0.237 e. The molecule has 0 bridgehead atoms. The Balaban J connectivity index is 1.47. The molecule has 0 atom stereocenters. The molecule has 1 aliphatic carbocycles. The van der Waals surface area contributed by atoms with E-state index in [0.717, 1.165) is 22.4 Å². The van der Waals surface area contributed by atoms with Gasteiger partial charge in [-0.15, -0.1) is 10.2 Å². The van der Waals surface area contributed by atoms with Crippen LogP contribution in [0.15, 0.2) is 40.0 Å².